The van der Waals surface area contributed by atoms with Crippen molar-refractivity contribution in [2.45, 2.75) is 0 Å². The van der Waals surface area contributed by atoms with Crippen molar-refractivity contribution in [2.75, 3.05) is 7.05 Å². The van der Waals surface area contributed by atoms with Gasteiger partial charge < -0.3 is 5.32 Å². The molecule has 0 aliphatic heterocycles. The van der Waals surface area contributed by atoms with Gasteiger partial charge in [0.05, 0.1) is 0 Å². The first-order valence-electron chi connectivity index (χ1n) is 2.15. The lowest BCUT2D eigenvalue weighted by Crippen LogP contribution is -2.13. The van der Waals surface area contributed by atoms with Crippen LogP contribution < -0.4 is 5.32 Å². The van der Waals surface area contributed by atoms with Crippen LogP contribution in [0.5, 0.6) is 0 Å². The topological polar surface area (TPSA) is 46.2 Å². The quantitative estimate of drug-likeness (QED) is 0.387. The molecule has 0 bridgehead atoms. The van der Waals surface area contributed by atoms with Crippen molar-refractivity contribution in [2.24, 2.45) is 0 Å². The Kier molecular flexibility index (Phi) is 3.48. The van der Waals surface area contributed by atoms with Crippen LogP contribution >= 0.6 is 0 Å². The Bertz CT molecular complexity index is 118. The van der Waals surface area contributed by atoms with E-state index < -0.39 is 0 Å². The molecule has 0 aromatic heterocycles. The Morgan fingerprint density at radius 3 is 2.62 bits per heavy atom. The summed E-state index contributed by atoms with van der Waals surface area (Å²) in [6, 6.07) is 0. The maximum atomic E-state index is 10.2. The minimum Gasteiger partial charge on any atom is -0.356 e. The van der Waals surface area contributed by atoms with E-state index >= 15 is 0 Å². The first-order chi connectivity index (χ1) is 3.81. The van der Waals surface area contributed by atoms with E-state index in [2.05, 4.69) is 5.32 Å². The first-order valence-corrected chi connectivity index (χ1v) is 2.15. The monoisotopic (exact) mass is 113 g/mol. The van der Waals surface area contributed by atoms with E-state index in [0.717, 1.165) is 12.2 Å². The predicted molar refractivity (Wildman–Crippen MR) is 29.3 cm³/mol. The lowest BCUT2D eigenvalue weighted by molar-refractivity contribution is -0.116. The van der Waals surface area contributed by atoms with Crippen LogP contribution in [0.2, 0.25) is 0 Å². The summed E-state index contributed by atoms with van der Waals surface area (Å²) in [7, 11) is 1.50. The lowest BCUT2D eigenvalue weighted by atomic mass is 10.5. The summed E-state index contributed by atoms with van der Waals surface area (Å²) < 4.78 is 0. The Morgan fingerprint density at radius 1 is 1.62 bits per heavy atom. The molecule has 44 valence electrons. The summed E-state index contributed by atoms with van der Waals surface area (Å²) >= 11 is 0. The maximum absolute atomic E-state index is 10.2. The largest absolute Gasteiger partial charge is 0.356 e. The van der Waals surface area contributed by atoms with Crippen molar-refractivity contribution in [3.63, 3.8) is 0 Å². The molecule has 0 saturated carbocycles. The maximum Gasteiger partial charge on any atom is 0.243 e. The van der Waals surface area contributed by atoms with Crippen LogP contribution in [0.3, 0.4) is 0 Å². The second kappa shape index (κ2) is 4.05. The SMILES string of the molecule is CNC(=O)C=CC=O. The Balaban J connectivity index is 3.52. The van der Waals surface area contributed by atoms with Crippen LogP contribution in [-0.2, 0) is 9.59 Å². The van der Waals surface area contributed by atoms with Crippen LogP contribution in [0, 0.1) is 0 Å². The fraction of sp³-hybridized carbons (Fsp3) is 0.200. The molecule has 0 atom stereocenters. The Morgan fingerprint density at radius 2 is 2.25 bits per heavy atom. The number of allylic oxidation sites excluding steroid dienone is 1. The lowest BCUT2D eigenvalue weighted by Gasteiger charge is -1.84. The zero-order chi connectivity index (χ0) is 6.41. The molecule has 0 radical (unpaired) electrons. The van der Waals surface area contributed by atoms with E-state index in [4.69, 9.17) is 0 Å². The van der Waals surface area contributed by atoms with E-state index in [-0.39, 0.29) is 5.91 Å². The molecule has 0 aliphatic carbocycles. The van der Waals surface area contributed by atoms with Crippen molar-refractivity contribution in [3.8, 4) is 0 Å². The molecule has 0 aliphatic rings. The van der Waals surface area contributed by atoms with E-state index in [0.29, 0.717) is 6.29 Å². The van der Waals surface area contributed by atoms with Crippen LogP contribution in [0.4, 0.5) is 0 Å². The van der Waals surface area contributed by atoms with Gasteiger partial charge in [0, 0.05) is 13.1 Å². The number of hydrogen-bond donors (Lipinski definition) is 1. The standard InChI is InChI=1S/C5H7NO2/c1-6-5(8)3-2-4-7/h2-4H,1H3,(H,6,8). The minimum absolute atomic E-state index is 0.267. The van der Waals surface area contributed by atoms with Gasteiger partial charge in [-0.25, -0.2) is 0 Å². The highest BCUT2D eigenvalue weighted by atomic mass is 16.1. The van der Waals surface area contributed by atoms with Crippen molar-refractivity contribution in [1.29, 1.82) is 0 Å². The fourth-order valence-corrected chi connectivity index (χ4v) is 0.210. The number of carbonyl (C=O) groups is 2. The molecule has 0 unspecified atom stereocenters. The zero-order valence-electron chi connectivity index (χ0n) is 4.55. The molecule has 0 saturated heterocycles. The van der Waals surface area contributed by atoms with E-state index in [9.17, 15) is 9.59 Å². The molecule has 0 aromatic carbocycles. The van der Waals surface area contributed by atoms with Gasteiger partial charge in [-0.1, -0.05) is 0 Å². The number of amides is 1. The summed E-state index contributed by atoms with van der Waals surface area (Å²) in [5.74, 6) is -0.267. The smallest absolute Gasteiger partial charge is 0.243 e. The molecule has 0 spiro atoms. The molecule has 0 fully saturated rings. The number of nitrogens with one attached hydrogen (secondary N) is 1. The van der Waals surface area contributed by atoms with Crippen LogP contribution in [0.25, 0.3) is 0 Å². The summed E-state index contributed by atoms with van der Waals surface area (Å²) in [5, 5.41) is 2.32. The van der Waals surface area contributed by atoms with Gasteiger partial charge in [-0.05, 0) is 6.08 Å². The third-order valence-corrected chi connectivity index (χ3v) is 0.573. The molecular weight excluding hydrogens is 106 g/mol. The molecule has 0 rings (SSSR count). The van der Waals surface area contributed by atoms with Gasteiger partial charge in [-0.3, -0.25) is 9.59 Å². The van der Waals surface area contributed by atoms with Crippen molar-refractivity contribution >= 4 is 12.2 Å². The van der Waals surface area contributed by atoms with Crippen molar-refractivity contribution < 1.29 is 9.59 Å². The molecule has 8 heavy (non-hydrogen) atoms. The molecule has 1 N–H and O–H groups in total. The molecule has 1 amide bonds. The highest BCUT2D eigenvalue weighted by molar-refractivity contribution is 5.90. The van der Waals surface area contributed by atoms with Crippen molar-refractivity contribution in [3.05, 3.63) is 12.2 Å². The Labute approximate surface area is 47.4 Å². The van der Waals surface area contributed by atoms with Gasteiger partial charge in [0.1, 0.15) is 6.29 Å². The number of likely N-dealkylation sites (N-methyl/N-ethyl adjacent to an activating group) is 1. The van der Waals surface area contributed by atoms with Crippen LogP contribution in [0.1, 0.15) is 0 Å². The summed E-state index contributed by atoms with van der Waals surface area (Å²) in [4.78, 5) is 19.8. The van der Waals surface area contributed by atoms with E-state index in [1.807, 2.05) is 0 Å². The number of hydrogen-bond acceptors (Lipinski definition) is 2. The van der Waals surface area contributed by atoms with Gasteiger partial charge in [-0.15, -0.1) is 0 Å². The van der Waals surface area contributed by atoms with Gasteiger partial charge in [0.2, 0.25) is 5.91 Å². The fourth-order valence-electron chi connectivity index (χ4n) is 0.210. The molecular formula is C5H7NO2. The normalized spacial score (nSPS) is 9.12. The van der Waals surface area contributed by atoms with Gasteiger partial charge in [0.15, 0.2) is 0 Å². The molecule has 3 nitrogen and oxygen atoms in total. The van der Waals surface area contributed by atoms with E-state index in [1.165, 1.54) is 7.05 Å². The highest BCUT2D eigenvalue weighted by Gasteiger charge is 1.83. The Hall–Kier alpha value is -1.12. The minimum atomic E-state index is -0.267. The number of carbonyl (C=O) groups excluding carboxylic acids is 2. The van der Waals surface area contributed by atoms with E-state index in [1.54, 1.807) is 0 Å². The van der Waals surface area contributed by atoms with Gasteiger partial charge >= 0.3 is 0 Å². The molecule has 0 aromatic rings. The number of aldehydes is 1. The summed E-state index contributed by atoms with van der Waals surface area (Å²) in [6.45, 7) is 0. The summed E-state index contributed by atoms with van der Waals surface area (Å²) in [6.07, 6.45) is 2.85. The summed E-state index contributed by atoms with van der Waals surface area (Å²) in [5.41, 5.74) is 0. The van der Waals surface area contributed by atoms with Crippen LogP contribution in [-0.4, -0.2) is 19.2 Å². The van der Waals surface area contributed by atoms with Crippen LogP contribution in [0.15, 0.2) is 12.2 Å². The average Bonchev–Trinajstić information content (AvgIpc) is 1.83. The van der Waals surface area contributed by atoms with Gasteiger partial charge in [-0.2, -0.15) is 0 Å². The molecule has 3 heteroatoms. The zero-order valence-corrected chi connectivity index (χ0v) is 4.55. The predicted octanol–water partition coefficient (Wildman–Crippen LogP) is -0.513. The number of rotatable bonds is 2. The molecule has 0 heterocycles. The van der Waals surface area contributed by atoms with Crippen molar-refractivity contribution in [1.82, 2.24) is 5.32 Å². The third kappa shape index (κ3) is 3.08. The third-order valence-electron chi connectivity index (χ3n) is 0.573. The second-order valence-electron chi connectivity index (χ2n) is 1.11. The second-order valence-corrected chi connectivity index (χ2v) is 1.11. The highest BCUT2D eigenvalue weighted by Crippen LogP contribution is 1.65. The van der Waals surface area contributed by atoms with Gasteiger partial charge in [0.25, 0.3) is 0 Å². The first kappa shape index (κ1) is 6.88. The average molecular weight is 113 g/mol.